The summed E-state index contributed by atoms with van der Waals surface area (Å²) >= 11 is 0. The third-order valence-electron chi connectivity index (χ3n) is 1.66. The molecule has 76 valence electrons. The molecule has 0 radical (unpaired) electrons. The van der Waals surface area contributed by atoms with Gasteiger partial charge in [-0.2, -0.15) is 0 Å². The lowest BCUT2D eigenvalue weighted by atomic mass is 10.1. The molecule has 0 heterocycles. The molecule has 1 rings (SSSR count). The van der Waals surface area contributed by atoms with Crippen LogP contribution in [0.15, 0.2) is 12.1 Å². The highest BCUT2D eigenvalue weighted by Crippen LogP contribution is 2.20. The van der Waals surface area contributed by atoms with Gasteiger partial charge in [0.25, 0.3) is 0 Å². The number of hydrogen-bond donors (Lipinski definition) is 2. The van der Waals surface area contributed by atoms with Gasteiger partial charge in [0.1, 0.15) is 5.82 Å². The SMILES string of the molecule is CCOC(=O)c1cc(N)c(F)cc1N. The summed E-state index contributed by atoms with van der Waals surface area (Å²) in [6, 6.07) is 2.17. The zero-order valence-electron chi connectivity index (χ0n) is 7.71. The molecule has 0 bridgehead atoms. The van der Waals surface area contributed by atoms with Crippen molar-refractivity contribution in [3.63, 3.8) is 0 Å². The summed E-state index contributed by atoms with van der Waals surface area (Å²) in [5.41, 5.74) is 10.7. The van der Waals surface area contributed by atoms with E-state index in [9.17, 15) is 9.18 Å². The Kier molecular flexibility index (Phi) is 2.91. The van der Waals surface area contributed by atoms with E-state index in [1.54, 1.807) is 6.92 Å². The lowest BCUT2D eigenvalue weighted by Crippen LogP contribution is -2.09. The van der Waals surface area contributed by atoms with Gasteiger partial charge < -0.3 is 16.2 Å². The van der Waals surface area contributed by atoms with Gasteiger partial charge in [0.15, 0.2) is 0 Å². The van der Waals surface area contributed by atoms with E-state index < -0.39 is 11.8 Å². The molecule has 0 amide bonds. The summed E-state index contributed by atoms with van der Waals surface area (Å²) in [6.07, 6.45) is 0. The molecule has 1 aromatic rings. The van der Waals surface area contributed by atoms with E-state index in [1.165, 1.54) is 6.07 Å². The third kappa shape index (κ3) is 1.93. The molecule has 0 saturated carbocycles. The monoisotopic (exact) mass is 198 g/mol. The van der Waals surface area contributed by atoms with Gasteiger partial charge in [-0.25, -0.2) is 9.18 Å². The number of ether oxygens (including phenoxy) is 1. The Morgan fingerprint density at radius 3 is 2.64 bits per heavy atom. The number of esters is 1. The molecule has 0 atom stereocenters. The molecule has 0 saturated heterocycles. The first kappa shape index (κ1) is 10.3. The van der Waals surface area contributed by atoms with Crippen LogP contribution in [-0.2, 0) is 4.74 Å². The maximum Gasteiger partial charge on any atom is 0.340 e. The summed E-state index contributed by atoms with van der Waals surface area (Å²) in [5, 5.41) is 0. The second-order valence-corrected chi connectivity index (χ2v) is 2.68. The number of nitrogens with two attached hydrogens (primary N) is 2. The van der Waals surface area contributed by atoms with Crippen LogP contribution in [0.5, 0.6) is 0 Å². The molecule has 0 aliphatic heterocycles. The quantitative estimate of drug-likeness (QED) is 0.552. The van der Waals surface area contributed by atoms with Crippen molar-refractivity contribution in [2.75, 3.05) is 18.1 Å². The average Bonchev–Trinajstić information content (AvgIpc) is 2.11. The number of nitrogen functional groups attached to an aromatic ring is 2. The van der Waals surface area contributed by atoms with Crippen molar-refractivity contribution in [3.8, 4) is 0 Å². The highest BCUT2D eigenvalue weighted by Gasteiger charge is 2.13. The van der Waals surface area contributed by atoms with Crippen molar-refractivity contribution < 1.29 is 13.9 Å². The maximum absolute atomic E-state index is 12.9. The molecular weight excluding hydrogens is 187 g/mol. The van der Waals surface area contributed by atoms with Gasteiger partial charge in [0.2, 0.25) is 0 Å². The Morgan fingerprint density at radius 1 is 1.43 bits per heavy atom. The zero-order chi connectivity index (χ0) is 10.7. The smallest absolute Gasteiger partial charge is 0.340 e. The number of benzene rings is 1. The van der Waals surface area contributed by atoms with Crippen LogP contribution >= 0.6 is 0 Å². The summed E-state index contributed by atoms with van der Waals surface area (Å²) in [4.78, 5) is 11.2. The molecular formula is C9H11FN2O2. The minimum Gasteiger partial charge on any atom is -0.462 e. The van der Waals surface area contributed by atoms with Gasteiger partial charge in [-0.1, -0.05) is 0 Å². The van der Waals surface area contributed by atoms with Gasteiger partial charge in [0.05, 0.1) is 17.9 Å². The summed E-state index contributed by atoms with van der Waals surface area (Å²) < 4.78 is 17.6. The van der Waals surface area contributed by atoms with Crippen LogP contribution in [0.4, 0.5) is 15.8 Å². The Hall–Kier alpha value is -1.78. The van der Waals surface area contributed by atoms with Crippen molar-refractivity contribution in [2.24, 2.45) is 0 Å². The van der Waals surface area contributed by atoms with Crippen LogP contribution in [0.3, 0.4) is 0 Å². The zero-order valence-corrected chi connectivity index (χ0v) is 7.71. The first-order chi connectivity index (χ1) is 6.56. The van der Waals surface area contributed by atoms with E-state index in [-0.39, 0.29) is 23.5 Å². The lowest BCUT2D eigenvalue weighted by Gasteiger charge is -2.06. The van der Waals surface area contributed by atoms with Crippen molar-refractivity contribution in [2.45, 2.75) is 6.92 Å². The predicted octanol–water partition coefficient (Wildman–Crippen LogP) is 1.17. The van der Waals surface area contributed by atoms with Crippen molar-refractivity contribution >= 4 is 17.3 Å². The summed E-state index contributed by atoms with van der Waals surface area (Å²) in [6.45, 7) is 1.90. The summed E-state index contributed by atoms with van der Waals surface area (Å²) in [5.74, 6) is -1.24. The van der Waals surface area contributed by atoms with E-state index in [0.29, 0.717) is 0 Å². The van der Waals surface area contributed by atoms with Gasteiger partial charge in [-0.15, -0.1) is 0 Å². The van der Waals surface area contributed by atoms with Crippen LogP contribution in [0, 0.1) is 5.82 Å². The first-order valence-electron chi connectivity index (χ1n) is 4.08. The number of hydrogen-bond acceptors (Lipinski definition) is 4. The van der Waals surface area contributed by atoms with E-state index >= 15 is 0 Å². The van der Waals surface area contributed by atoms with Crippen LogP contribution in [-0.4, -0.2) is 12.6 Å². The Labute approximate surface area is 80.6 Å². The van der Waals surface area contributed by atoms with Crippen LogP contribution in [0.2, 0.25) is 0 Å². The Bertz CT molecular complexity index is 366. The van der Waals surface area contributed by atoms with E-state index in [1.807, 2.05) is 0 Å². The molecule has 1 aromatic carbocycles. The predicted molar refractivity (Wildman–Crippen MR) is 51.2 cm³/mol. The van der Waals surface area contributed by atoms with Gasteiger partial charge in [-0.05, 0) is 19.1 Å². The second-order valence-electron chi connectivity index (χ2n) is 2.68. The van der Waals surface area contributed by atoms with Crippen molar-refractivity contribution in [1.82, 2.24) is 0 Å². The molecule has 14 heavy (non-hydrogen) atoms. The van der Waals surface area contributed by atoms with Gasteiger partial charge >= 0.3 is 5.97 Å². The van der Waals surface area contributed by atoms with Gasteiger partial charge in [-0.3, -0.25) is 0 Å². The number of carbonyl (C=O) groups is 1. The highest BCUT2D eigenvalue weighted by molar-refractivity contribution is 5.96. The average molecular weight is 198 g/mol. The Balaban J connectivity index is 3.09. The Morgan fingerprint density at radius 2 is 2.07 bits per heavy atom. The number of rotatable bonds is 2. The van der Waals surface area contributed by atoms with Gasteiger partial charge in [0, 0.05) is 5.69 Å². The first-order valence-corrected chi connectivity index (χ1v) is 4.08. The van der Waals surface area contributed by atoms with E-state index in [0.717, 1.165) is 6.07 Å². The molecule has 0 unspecified atom stereocenters. The fourth-order valence-electron chi connectivity index (χ4n) is 0.991. The molecule has 4 N–H and O–H groups in total. The topological polar surface area (TPSA) is 78.3 Å². The van der Waals surface area contributed by atoms with E-state index in [2.05, 4.69) is 0 Å². The summed E-state index contributed by atoms with van der Waals surface area (Å²) in [7, 11) is 0. The fourth-order valence-corrected chi connectivity index (χ4v) is 0.991. The molecule has 5 heteroatoms. The minimum atomic E-state index is -0.643. The number of anilines is 2. The standard InChI is InChI=1S/C9H11FN2O2/c1-2-14-9(13)5-3-8(12)6(10)4-7(5)11/h3-4H,2,11-12H2,1H3. The molecule has 0 spiro atoms. The normalized spacial score (nSPS) is 9.86. The van der Waals surface area contributed by atoms with E-state index in [4.69, 9.17) is 16.2 Å². The van der Waals surface area contributed by atoms with Crippen LogP contribution < -0.4 is 11.5 Å². The number of halogens is 1. The number of carbonyl (C=O) groups excluding carboxylic acids is 1. The fraction of sp³-hybridized carbons (Fsp3) is 0.222. The van der Waals surface area contributed by atoms with Crippen LogP contribution in [0.1, 0.15) is 17.3 Å². The molecule has 0 aliphatic carbocycles. The molecule has 4 nitrogen and oxygen atoms in total. The highest BCUT2D eigenvalue weighted by atomic mass is 19.1. The lowest BCUT2D eigenvalue weighted by molar-refractivity contribution is 0.0527. The van der Waals surface area contributed by atoms with Crippen LogP contribution in [0.25, 0.3) is 0 Å². The minimum absolute atomic E-state index is 0.0233. The third-order valence-corrected chi connectivity index (χ3v) is 1.66. The van der Waals surface area contributed by atoms with Crippen molar-refractivity contribution in [3.05, 3.63) is 23.5 Å². The molecule has 0 aromatic heterocycles. The molecule has 0 fully saturated rings. The second kappa shape index (κ2) is 3.95. The maximum atomic E-state index is 12.9. The molecule has 0 aliphatic rings. The largest absolute Gasteiger partial charge is 0.462 e. The van der Waals surface area contributed by atoms with Crippen molar-refractivity contribution in [1.29, 1.82) is 0 Å².